The Morgan fingerprint density at radius 1 is 1.25 bits per heavy atom. The van der Waals surface area contributed by atoms with Gasteiger partial charge in [0.15, 0.2) is 0 Å². The van der Waals surface area contributed by atoms with E-state index in [0.29, 0.717) is 6.42 Å². The predicted octanol–water partition coefficient (Wildman–Crippen LogP) is 2.12. The summed E-state index contributed by atoms with van der Waals surface area (Å²) in [6.45, 7) is 0. The van der Waals surface area contributed by atoms with Crippen LogP contribution in [-0.2, 0) is 0 Å². The van der Waals surface area contributed by atoms with E-state index in [9.17, 15) is 0 Å². The topological polar surface area (TPSA) is 44.5 Å². The predicted molar refractivity (Wildman–Crippen MR) is 64.5 cm³/mol. The van der Waals surface area contributed by atoms with Crippen molar-refractivity contribution in [3.8, 4) is 23.8 Å². The number of rotatable bonds is 5. The van der Waals surface area contributed by atoms with Crippen LogP contribution < -0.4 is 15.2 Å². The summed E-state index contributed by atoms with van der Waals surface area (Å²) >= 11 is 0. The highest BCUT2D eigenvalue weighted by molar-refractivity contribution is 5.39. The summed E-state index contributed by atoms with van der Waals surface area (Å²) in [5, 5.41) is 0. The van der Waals surface area contributed by atoms with Crippen LogP contribution in [0.25, 0.3) is 0 Å². The Bertz CT molecular complexity index is 360. The van der Waals surface area contributed by atoms with Gasteiger partial charge in [-0.2, -0.15) is 0 Å². The molecule has 0 aromatic heterocycles. The highest BCUT2D eigenvalue weighted by atomic mass is 16.5. The van der Waals surface area contributed by atoms with E-state index in [1.54, 1.807) is 14.2 Å². The van der Waals surface area contributed by atoms with Crippen LogP contribution in [0.5, 0.6) is 11.5 Å². The quantitative estimate of drug-likeness (QED) is 0.771. The summed E-state index contributed by atoms with van der Waals surface area (Å²) in [7, 11) is 3.23. The molecule has 1 aromatic rings. The molecule has 0 radical (unpaired) electrons. The van der Waals surface area contributed by atoms with Crippen molar-refractivity contribution in [2.75, 3.05) is 14.2 Å². The molecule has 0 saturated carbocycles. The van der Waals surface area contributed by atoms with Crippen molar-refractivity contribution in [1.29, 1.82) is 0 Å². The number of nitrogens with two attached hydrogens (primary N) is 1. The van der Waals surface area contributed by atoms with Gasteiger partial charge in [-0.1, -0.05) is 0 Å². The lowest BCUT2D eigenvalue weighted by Gasteiger charge is -2.13. The normalized spacial score (nSPS) is 11.6. The molecule has 3 nitrogen and oxygen atoms in total. The molecule has 0 bridgehead atoms. The van der Waals surface area contributed by atoms with Crippen molar-refractivity contribution < 1.29 is 9.47 Å². The van der Waals surface area contributed by atoms with Crippen LogP contribution in [0.15, 0.2) is 18.2 Å². The van der Waals surface area contributed by atoms with Gasteiger partial charge in [0, 0.05) is 18.5 Å². The van der Waals surface area contributed by atoms with Gasteiger partial charge >= 0.3 is 0 Å². The molecule has 3 heteroatoms. The Balaban J connectivity index is 2.90. The summed E-state index contributed by atoms with van der Waals surface area (Å²) < 4.78 is 10.4. The summed E-state index contributed by atoms with van der Waals surface area (Å²) in [5.41, 5.74) is 7.00. The molecule has 0 fully saturated rings. The fourth-order valence-corrected chi connectivity index (χ4v) is 1.45. The Labute approximate surface area is 96.6 Å². The molecule has 0 spiro atoms. The molecular weight excluding hydrogens is 202 g/mol. The highest BCUT2D eigenvalue weighted by Crippen LogP contribution is 2.27. The molecular formula is C13H17NO2. The van der Waals surface area contributed by atoms with E-state index in [1.165, 1.54) is 0 Å². The summed E-state index contributed by atoms with van der Waals surface area (Å²) in [4.78, 5) is 0. The second kappa shape index (κ2) is 6.04. The zero-order valence-electron chi connectivity index (χ0n) is 9.69. The van der Waals surface area contributed by atoms with E-state index in [2.05, 4.69) is 5.92 Å². The average molecular weight is 219 g/mol. The van der Waals surface area contributed by atoms with E-state index >= 15 is 0 Å². The second-order valence-corrected chi connectivity index (χ2v) is 3.50. The summed E-state index contributed by atoms with van der Waals surface area (Å²) in [6, 6.07) is 5.55. The van der Waals surface area contributed by atoms with Crippen LogP contribution in [0.2, 0.25) is 0 Å². The Kier molecular flexibility index (Phi) is 4.68. The monoisotopic (exact) mass is 219 g/mol. The number of hydrogen-bond donors (Lipinski definition) is 1. The van der Waals surface area contributed by atoms with Crippen LogP contribution in [-0.4, -0.2) is 14.2 Å². The van der Waals surface area contributed by atoms with E-state index in [1.807, 2.05) is 18.2 Å². The maximum Gasteiger partial charge on any atom is 0.122 e. The van der Waals surface area contributed by atoms with Crippen LogP contribution >= 0.6 is 0 Å². The second-order valence-electron chi connectivity index (χ2n) is 3.50. The van der Waals surface area contributed by atoms with Crippen molar-refractivity contribution in [2.45, 2.75) is 18.9 Å². The molecule has 1 rings (SSSR count). The van der Waals surface area contributed by atoms with E-state index < -0.39 is 0 Å². The van der Waals surface area contributed by atoms with E-state index in [-0.39, 0.29) is 6.04 Å². The minimum atomic E-state index is -0.0833. The van der Waals surface area contributed by atoms with Gasteiger partial charge in [0.2, 0.25) is 0 Å². The van der Waals surface area contributed by atoms with Gasteiger partial charge in [-0.05, 0) is 24.1 Å². The third-order valence-corrected chi connectivity index (χ3v) is 2.40. The van der Waals surface area contributed by atoms with Gasteiger partial charge in [-0.15, -0.1) is 12.3 Å². The molecule has 1 atom stereocenters. The van der Waals surface area contributed by atoms with Gasteiger partial charge in [-0.3, -0.25) is 0 Å². The lowest BCUT2D eigenvalue weighted by molar-refractivity contribution is 0.392. The minimum absolute atomic E-state index is 0.0833. The smallest absolute Gasteiger partial charge is 0.122 e. The molecule has 1 unspecified atom stereocenters. The van der Waals surface area contributed by atoms with Crippen molar-refractivity contribution in [3.63, 3.8) is 0 Å². The van der Waals surface area contributed by atoms with Crippen molar-refractivity contribution in [1.82, 2.24) is 0 Å². The molecule has 0 aliphatic heterocycles. The lowest BCUT2D eigenvalue weighted by atomic mass is 10.0. The summed E-state index contributed by atoms with van der Waals surface area (Å²) in [5.74, 6) is 4.07. The fourth-order valence-electron chi connectivity index (χ4n) is 1.45. The first-order valence-corrected chi connectivity index (χ1v) is 5.13. The minimum Gasteiger partial charge on any atom is -0.497 e. The average Bonchev–Trinajstić information content (AvgIpc) is 2.35. The van der Waals surface area contributed by atoms with Gasteiger partial charge in [0.25, 0.3) is 0 Å². The maximum atomic E-state index is 6.02. The molecule has 0 heterocycles. The standard InChI is InChI=1S/C13H17NO2/c1-4-5-6-13(14)10-7-11(15-2)9-12(8-10)16-3/h1,7-9,13H,5-6,14H2,2-3H3. The van der Waals surface area contributed by atoms with Crippen LogP contribution in [0.3, 0.4) is 0 Å². The van der Waals surface area contributed by atoms with Crippen LogP contribution in [0.1, 0.15) is 24.4 Å². The fraction of sp³-hybridized carbons (Fsp3) is 0.385. The largest absolute Gasteiger partial charge is 0.497 e. The molecule has 2 N–H and O–H groups in total. The van der Waals surface area contributed by atoms with Crippen molar-refractivity contribution >= 4 is 0 Å². The highest BCUT2D eigenvalue weighted by Gasteiger charge is 2.08. The van der Waals surface area contributed by atoms with Gasteiger partial charge in [0.1, 0.15) is 11.5 Å². The molecule has 0 aliphatic carbocycles. The van der Waals surface area contributed by atoms with Crippen LogP contribution in [0, 0.1) is 12.3 Å². The number of benzene rings is 1. The van der Waals surface area contributed by atoms with Crippen molar-refractivity contribution in [2.24, 2.45) is 5.73 Å². The SMILES string of the molecule is C#CCCC(N)c1cc(OC)cc(OC)c1. The zero-order chi connectivity index (χ0) is 12.0. The Hall–Kier alpha value is -1.66. The van der Waals surface area contributed by atoms with E-state index in [4.69, 9.17) is 21.6 Å². The Morgan fingerprint density at radius 3 is 2.25 bits per heavy atom. The summed E-state index contributed by atoms with van der Waals surface area (Å²) in [6.07, 6.45) is 6.64. The third kappa shape index (κ3) is 3.18. The van der Waals surface area contributed by atoms with Crippen LogP contribution in [0.4, 0.5) is 0 Å². The van der Waals surface area contributed by atoms with Crippen molar-refractivity contribution in [3.05, 3.63) is 23.8 Å². The maximum absolute atomic E-state index is 6.02. The number of methoxy groups -OCH3 is 2. The first-order valence-electron chi connectivity index (χ1n) is 5.13. The van der Waals surface area contributed by atoms with Gasteiger partial charge < -0.3 is 15.2 Å². The molecule has 86 valence electrons. The number of terminal acetylenes is 1. The zero-order valence-corrected chi connectivity index (χ0v) is 9.69. The molecule has 0 amide bonds. The first-order chi connectivity index (χ1) is 7.71. The lowest BCUT2D eigenvalue weighted by Crippen LogP contribution is -2.10. The third-order valence-electron chi connectivity index (χ3n) is 2.40. The van der Waals surface area contributed by atoms with Gasteiger partial charge in [0.05, 0.1) is 14.2 Å². The first kappa shape index (κ1) is 12.4. The van der Waals surface area contributed by atoms with E-state index in [0.717, 1.165) is 23.5 Å². The molecule has 1 aromatic carbocycles. The molecule has 16 heavy (non-hydrogen) atoms. The van der Waals surface area contributed by atoms with Gasteiger partial charge in [-0.25, -0.2) is 0 Å². The number of ether oxygens (including phenoxy) is 2. The number of hydrogen-bond acceptors (Lipinski definition) is 3. The molecule has 0 aliphatic rings. The molecule has 0 saturated heterocycles. The Morgan fingerprint density at radius 2 is 1.81 bits per heavy atom.